The van der Waals surface area contributed by atoms with Gasteiger partial charge in [-0.2, -0.15) is 0 Å². The first-order valence-electron chi connectivity index (χ1n) is 20.1. The standard InChI is InChI=1S/2C24H30N3OP.4ClH.Sn/c2*1-25(2)19-7-13-22(14-8-19)29(28,23-15-9-20(10-16-23)26(3)4)24-17-11-21(12-18-24)27(5)6;;;;;/h2*7-18H,1-6H3;4*1H;/q;;;;;;+4/p-2. The van der Waals surface area contributed by atoms with E-state index in [1.807, 2.05) is 84.6 Å². The number of nitrogens with zero attached hydrogens (tertiary/aromatic N) is 6. The Morgan fingerprint density at radius 2 is 0.365 bits per heavy atom. The van der Waals surface area contributed by atoms with Crippen molar-refractivity contribution in [2.75, 3.05) is 114 Å². The van der Waals surface area contributed by atoms with Crippen LogP contribution in [0.4, 0.5) is 34.1 Å². The zero-order valence-corrected chi connectivity index (χ0v) is 46.0. The molecular weight excluding hydrogens is 1020 g/mol. The molecule has 6 aromatic rings. The third-order valence-corrected chi connectivity index (χ3v) is 16.7. The number of halogens is 4. The van der Waals surface area contributed by atoms with Gasteiger partial charge in [0.05, 0.1) is 31.8 Å². The van der Waals surface area contributed by atoms with E-state index >= 15 is 0 Å². The SMILES string of the molecule is CN(C)c1ccc(P(=[OH+])(c2ccc(N(C)C)cc2)c2ccc(N(C)C)cc2)cc1.CN(C)c1ccc(P(=[OH+])(c2ccc(N(C)C)cc2)c2ccc(N(C)C)cc2)cc1.[Cl][Sn]([Cl])([Cl])[Cl]. The molecule has 0 atom stereocenters. The van der Waals surface area contributed by atoms with Crippen LogP contribution >= 0.6 is 50.0 Å². The van der Waals surface area contributed by atoms with Crippen molar-refractivity contribution in [3.63, 3.8) is 0 Å². The Bertz CT molecular complexity index is 2010. The summed E-state index contributed by atoms with van der Waals surface area (Å²) in [6.45, 7) is 0. The summed E-state index contributed by atoms with van der Waals surface area (Å²) in [5.74, 6) is 0. The van der Waals surface area contributed by atoms with Crippen molar-refractivity contribution in [2.45, 2.75) is 0 Å². The Kier molecular flexibility index (Phi) is 18.7. The Hall–Kier alpha value is -3.46. The van der Waals surface area contributed by atoms with Crippen LogP contribution in [-0.4, -0.2) is 108 Å². The molecule has 0 aliphatic rings. The van der Waals surface area contributed by atoms with Crippen LogP contribution in [0.3, 0.4) is 0 Å². The molecule has 336 valence electrons. The molecule has 8 nitrogen and oxygen atoms in total. The van der Waals surface area contributed by atoms with Crippen LogP contribution in [0, 0.1) is 0 Å². The van der Waals surface area contributed by atoms with Gasteiger partial charge in [0, 0.05) is 119 Å². The van der Waals surface area contributed by atoms with Gasteiger partial charge in [-0.15, -0.1) is 0 Å². The van der Waals surface area contributed by atoms with Crippen LogP contribution in [0.2, 0.25) is 0 Å². The first kappa shape index (κ1) is 52.2. The average Bonchev–Trinajstić information content (AvgIpc) is 3.25. The quantitative estimate of drug-likeness (QED) is 0.0693. The van der Waals surface area contributed by atoms with E-state index in [9.17, 15) is 9.13 Å². The van der Waals surface area contributed by atoms with E-state index in [-0.39, 0.29) is 0 Å². The Balaban J connectivity index is 0.000000250. The molecule has 0 spiro atoms. The van der Waals surface area contributed by atoms with Crippen molar-refractivity contribution in [3.8, 4) is 0 Å². The minimum absolute atomic E-state index is 0.957. The molecule has 0 aromatic heterocycles. The molecule has 0 amide bonds. The van der Waals surface area contributed by atoms with Crippen LogP contribution in [-0.2, 0) is 0 Å². The molecule has 0 aliphatic carbocycles. The van der Waals surface area contributed by atoms with Gasteiger partial charge in [0.15, 0.2) is 0 Å². The normalized spacial score (nSPS) is 11.3. The van der Waals surface area contributed by atoms with Crippen LogP contribution < -0.4 is 61.2 Å². The zero-order valence-electron chi connectivity index (χ0n) is 38.3. The number of hydrogen-bond donors (Lipinski definition) is 0. The van der Waals surface area contributed by atoms with Crippen LogP contribution in [0.25, 0.3) is 0 Å². The molecule has 0 heterocycles. The molecule has 0 radical (unpaired) electrons. The van der Waals surface area contributed by atoms with E-state index in [1.165, 1.54) is 0 Å². The summed E-state index contributed by atoms with van der Waals surface area (Å²) in [4.78, 5) is 12.4. The maximum absolute atomic E-state index is 12.2. The van der Waals surface area contributed by atoms with Crippen LogP contribution in [0.1, 0.15) is 0 Å². The second-order valence-corrected chi connectivity index (χ2v) is 47.3. The van der Waals surface area contributed by atoms with Gasteiger partial charge in [0.25, 0.3) is 0 Å². The van der Waals surface area contributed by atoms with Gasteiger partial charge in [-0.05, 0) is 146 Å². The summed E-state index contributed by atoms with van der Waals surface area (Å²) >= 11 is -3.29. The van der Waals surface area contributed by atoms with Crippen LogP contribution in [0.5, 0.6) is 0 Å². The van der Waals surface area contributed by atoms with Crippen molar-refractivity contribution < 1.29 is 9.13 Å². The molecule has 0 bridgehead atoms. The molecule has 0 saturated heterocycles. The molecule has 0 unspecified atom stereocenters. The maximum atomic E-state index is 12.2. The summed E-state index contributed by atoms with van der Waals surface area (Å²) in [5, 5.41) is 5.74. The van der Waals surface area contributed by atoms with Crippen LogP contribution in [0.15, 0.2) is 146 Å². The first-order chi connectivity index (χ1) is 29.5. The van der Waals surface area contributed by atoms with Crippen molar-refractivity contribution in [2.24, 2.45) is 0 Å². The Labute approximate surface area is 395 Å². The van der Waals surface area contributed by atoms with E-state index in [0.29, 0.717) is 0 Å². The van der Waals surface area contributed by atoms with E-state index in [1.54, 1.807) is 0 Å². The fourth-order valence-corrected chi connectivity index (χ4v) is 12.0. The topological polar surface area (TPSA) is 62.2 Å². The fourth-order valence-electron chi connectivity index (χ4n) is 6.69. The number of anilines is 6. The molecular formula is C48H62Cl4N6O2P2Sn+2. The summed E-state index contributed by atoms with van der Waals surface area (Å²) in [7, 11) is 39.0. The van der Waals surface area contributed by atoms with Gasteiger partial charge >= 0.3 is 63.8 Å². The monoisotopic (exact) mass is 1080 g/mol. The number of hydrogen-bond acceptors (Lipinski definition) is 6. The average molecular weight is 1080 g/mol. The minimum atomic E-state index is -3.29. The molecule has 15 heteroatoms. The van der Waals surface area contributed by atoms with Gasteiger partial charge in [0.1, 0.15) is 0 Å². The van der Waals surface area contributed by atoms with Crippen molar-refractivity contribution in [1.82, 2.24) is 0 Å². The molecule has 63 heavy (non-hydrogen) atoms. The van der Waals surface area contributed by atoms with Gasteiger partial charge in [-0.1, -0.05) is 0 Å². The molecule has 6 aromatic carbocycles. The van der Waals surface area contributed by atoms with Gasteiger partial charge < -0.3 is 38.5 Å². The zero-order chi connectivity index (χ0) is 46.9. The van der Waals surface area contributed by atoms with Crippen molar-refractivity contribution in [1.29, 1.82) is 0 Å². The van der Waals surface area contributed by atoms with E-state index in [0.717, 1.165) is 66.0 Å². The number of rotatable bonds is 12. The van der Waals surface area contributed by atoms with Gasteiger partial charge in [0.2, 0.25) is 0 Å². The Morgan fingerprint density at radius 1 is 0.270 bits per heavy atom. The third-order valence-electron chi connectivity index (χ3n) is 10.4. The second kappa shape index (κ2) is 22.6. The van der Waals surface area contributed by atoms with Crippen molar-refractivity contribution >= 4 is 130 Å². The predicted molar refractivity (Wildman–Crippen MR) is 289 cm³/mol. The predicted octanol–water partition coefficient (Wildman–Crippen LogP) is 9.31. The molecule has 2 N–H and O–H groups in total. The molecule has 0 saturated carbocycles. The fraction of sp³-hybridized carbons (Fsp3) is 0.250. The number of benzene rings is 6. The molecule has 0 fully saturated rings. The van der Waals surface area contributed by atoms with Gasteiger partial charge in [-0.3, -0.25) is 0 Å². The van der Waals surface area contributed by atoms with Gasteiger partial charge in [-0.25, -0.2) is 0 Å². The first-order valence-corrected chi connectivity index (χ1v) is 38.1. The molecule has 6 rings (SSSR count). The summed E-state index contributed by atoms with van der Waals surface area (Å²) in [6.07, 6.45) is 0. The second-order valence-electron chi connectivity index (χ2n) is 16.2. The van der Waals surface area contributed by atoms with Crippen molar-refractivity contribution in [3.05, 3.63) is 146 Å². The van der Waals surface area contributed by atoms with E-state index in [2.05, 4.69) is 175 Å². The summed E-state index contributed by atoms with van der Waals surface area (Å²) in [6, 6.07) is 49.6. The Morgan fingerprint density at radius 3 is 0.444 bits per heavy atom. The molecule has 0 aliphatic heterocycles. The summed E-state index contributed by atoms with van der Waals surface area (Å²) < 4.78 is 24.4. The van der Waals surface area contributed by atoms with E-state index < -0.39 is 28.2 Å². The summed E-state index contributed by atoms with van der Waals surface area (Å²) in [5.41, 5.74) is 6.70. The van der Waals surface area contributed by atoms with E-state index in [4.69, 9.17) is 35.7 Å². The third kappa shape index (κ3) is 13.8.